The van der Waals surface area contributed by atoms with Gasteiger partial charge >= 0.3 is 6.18 Å². The molecule has 0 fully saturated rings. The molecule has 23 heavy (non-hydrogen) atoms. The lowest BCUT2D eigenvalue weighted by atomic mass is 10.2. The molecule has 0 unspecified atom stereocenters. The molecule has 0 saturated heterocycles. The van der Waals surface area contributed by atoms with Crippen LogP contribution in [0.3, 0.4) is 0 Å². The van der Waals surface area contributed by atoms with Gasteiger partial charge in [-0.05, 0) is 0 Å². The van der Waals surface area contributed by atoms with Gasteiger partial charge in [0, 0.05) is 18.2 Å². The fraction of sp³-hybridized carbons (Fsp3) is 0.143. The number of hydrogen-bond acceptors (Lipinski definition) is 4. The van der Waals surface area contributed by atoms with E-state index in [0.29, 0.717) is 10.9 Å². The summed E-state index contributed by atoms with van der Waals surface area (Å²) in [7, 11) is 0. The Morgan fingerprint density at radius 3 is 2.61 bits per heavy atom. The third-order valence-corrected chi connectivity index (χ3v) is 2.75. The highest BCUT2D eigenvalue weighted by Crippen LogP contribution is 2.28. The maximum Gasteiger partial charge on any atom is 0.433 e. The largest absolute Gasteiger partial charge is 0.479 e. The third kappa shape index (κ3) is 3.42. The molecular weight excluding hydrogens is 318 g/mol. The minimum atomic E-state index is -4.78. The minimum absolute atomic E-state index is 0.00820. The molecule has 0 aliphatic carbocycles. The first-order chi connectivity index (χ1) is 10.7. The van der Waals surface area contributed by atoms with E-state index in [9.17, 15) is 22.4 Å². The molecule has 1 heterocycles. The molecule has 0 amide bonds. The van der Waals surface area contributed by atoms with Gasteiger partial charge in [0.1, 0.15) is 24.5 Å². The number of terminal acetylenes is 1. The van der Waals surface area contributed by atoms with Crippen LogP contribution in [0.1, 0.15) is 5.69 Å². The Balaban J connectivity index is 2.54. The van der Waals surface area contributed by atoms with Gasteiger partial charge in [-0.15, -0.1) is 6.42 Å². The molecule has 0 atom stereocenters. The van der Waals surface area contributed by atoms with Crippen LogP contribution in [0, 0.1) is 18.2 Å². The molecule has 2 aromatic rings. The van der Waals surface area contributed by atoms with Crippen molar-refractivity contribution in [2.75, 3.05) is 12.3 Å². The summed E-state index contributed by atoms with van der Waals surface area (Å²) in [5.41, 5.74) is 2.62. The molecule has 0 aliphatic heterocycles. The van der Waals surface area contributed by atoms with E-state index in [1.807, 2.05) is 0 Å². The summed E-state index contributed by atoms with van der Waals surface area (Å²) >= 11 is 0. The quantitative estimate of drug-likeness (QED) is 0.532. The highest BCUT2D eigenvalue weighted by Gasteiger charge is 2.33. The van der Waals surface area contributed by atoms with E-state index in [2.05, 4.69) is 10.9 Å². The number of ether oxygens (including phenoxy) is 1. The number of anilines is 1. The number of nitrogens with zero attached hydrogens (tertiary/aromatic N) is 2. The maximum absolute atomic E-state index is 14.0. The lowest BCUT2D eigenvalue weighted by molar-refractivity contribution is -0.141. The van der Waals surface area contributed by atoms with Crippen molar-refractivity contribution in [2.24, 2.45) is 0 Å². The van der Waals surface area contributed by atoms with Gasteiger partial charge in [-0.2, -0.15) is 13.2 Å². The summed E-state index contributed by atoms with van der Waals surface area (Å²) < 4.78 is 57.1. The molecule has 0 saturated carbocycles. The lowest BCUT2D eigenvalue weighted by Crippen LogP contribution is -2.23. The highest BCUT2D eigenvalue weighted by molar-refractivity contribution is 5.58. The van der Waals surface area contributed by atoms with Crippen molar-refractivity contribution in [2.45, 2.75) is 6.18 Å². The molecule has 5 nitrogen and oxygen atoms in total. The molecular formula is C14H9F4N3O2. The smallest absolute Gasteiger partial charge is 0.433 e. The molecule has 2 N–H and O–H groups in total. The Morgan fingerprint density at radius 2 is 2.04 bits per heavy atom. The zero-order valence-electron chi connectivity index (χ0n) is 11.4. The van der Waals surface area contributed by atoms with Crippen LogP contribution < -0.4 is 16.0 Å². The van der Waals surface area contributed by atoms with E-state index in [1.54, 1.807) is 0 Å². The molecule has 1 aromatic heterocycles. The zero-order valence-corrected chi connectivity index (χ0v) is 11.4. The van der Waals surface area contributed by atoms with E-state index in [-0.39, 0.29) is 29.8 Å². The van der Waals surface area contributed by atoms with Crippen LogP contribution in [0.15, 0.2) is 29.3 Å². The summed E-state index contributed by atoms with van der Waals surface area (Å²) in [6.07, 6.45) is 0.821. The van der Waals surface area contributed by atoms with Crippen molar-refractivity contribution >= 4 is 5.69 Å². The van der Waals surface area contributed by atoms with Gasteiger partial charge < -0.3 is 10.5 Å². The van der Waals surface area contributed by atoms with Crippen molar-refractivity contribution in [1.29, 1.82) is 0 Å². The predicted octanol–water partition coefficient (Wildman–Crippen LogP) is 1.98. The molecule has 0 radical (unpaired) electrons. The standard InChI is InChI=1S/C14H9F4N3O2/c1-2-3-23-11-5-10(8(15)4-9(11)19)21-7-20-12(6-13(21)22)14(16,17)18/h1,4-7H,3,19H2. The van der Waals surface area contributed by atoms with Crippen molar-refractivity contribution in [3.63, 3.8) is 0 Å². The average Bonchev–Trinajstić information content (AvgIpc) is 2.46. The Bertz CT molecular complexity index is 837. The second-order valence-corrected chi connectivity index (χ2v) is 4.31. The number of nitrogen functional groups attached to an aromatic ring is 1. The Morgan fingerprint density at radius 1 is 1.35 bits per heavy atom. The van der Waals surface area contributed by atoms with Crippen LogP contribution in [0.25, 0.3) is 5.69 Å². The van der Waals surface area contributed by atoms with E-state index in [0.717, 1.165) is 12.1 Å². The highest BCUT2D eigenvalue weighted by atomic mass is 19.4. The molecule has 1 aromatic carbocycles. The van der Waals surface area contributed by atoms with Crippen LogP contribution in [-0.2, 0) is 6.18 Å². The summed E-state index contributed by atoms with van der Waals surface area (Å²) in [6, 6.07) is 2.18. The minimum Gasteiger partial charge on any atom is -0.479 e. The van der Waals surface area contributed by atoms with Crippen molar-refractivity contribution in [3.8, 4) is 23.8 Å². The second kappa shape index (κ2) is 6.00. The van der Waals surface area contributed by atoms with E-state index in [1.165, 1.54) is 0 Å². The van der Waals surface area contributed by atoms with Crippen LogP contribution in [0.4, 0.5) is 23.2 Å². The van der Waals surface area contributed by atoms with Gasteiger partial charge in [0.05, 0.1) is 11.4 Å². The Labute approximate surface area is 127 Å². The van der Waals surface area contributed by atoms with Crippen molar-refractivity contribution in [3.05, 3.63) is 46.4 Å². The van der Waals surface area contributed by atoms with Gasteiger partial charge in [0.25, 0.3) is 5.56 Å². The first-order valence-corrected chi connectivity index (χ1v) is 6.05. The third-order valence-electron chi connectivity index (χ3n) is 2.75. The number of aromatic nitrogens is 2. The summed E-state index contributed by atoms with van der Waals surface area (Å²) in [5, 5.41) is 0. The van der Waals surface area contributed by atoms with E-state index in [4.69, 9.17) is 16.9 Å². The lowest BCUT2D eigenvalue weighted by Gasteiger charge is -2.12. The van der Waals surface area contributed by atoms with Gasteiger partial charge in [-0.25, -0.2) is 9.37 Å². The first kappa shape index (κ1) is 16.4. The van der Waals surface area contributed by atoms with E-state index < -0.39 is 23.2 Å². The number of nitrogens with two attached hydrogens (primary N) is 1. The van der Waals surface area contributed by atoms with E-state index >= 15 is 0 Å². The van der Waals surface area contributed by atoms with Gasteiger partial charge in [0.15, 0.2) is 5.69 Å². The molecule has 0 aliphatic rings. The van der Waals surface area contributed by atoms with Crippen LogP contribution >= 0.6 is 0 Å². The van der Waals surface area contributed by atoms with Gasteiger partial charge in [-0.3, -0.25) is 9.36 Å². The Kier molecular flexibility index (Phi) is 4.27. The van der Waals surface area contributed by atoms with Gasteiger partial charge in [-0.1, -0.05) is 5.92 Å². The topological polar surface area (TPSA) is 70.1 Å². The fourth-order valence-corrected chi connectivity index (χ4v) is 1.72. The maximum atomic E-state index is 14.0. The van der Waals surface area contributed by atoms with Gasteiger partial charge in [0.2, 0.25) is 0 Å². The summed E-state index contributed by atoms with van der Waals surface area (Å²) in [5.74, 6) is 1.24. The van der Waals surface area contributed by atoms with Crippen LogP contribution in [0.2, 0.25) is 0 Å². The van der Waals surface area contributed by atoms with Crippen LogP contribution in [0.5, 0.6) is 5.75 Å². The SMILES string of the molecule is C#CCOc1cc(-n2cnc(C(F)(F)F)cc2=O)c(F)cc1N. The van der Waals surface area contributed by atoms with Crippen LogP contribution in [-0.4, -0.2) is 16.2 Å². The molecule has 9 heteroatoms. The molecule has 120 valence electrons. The number of halogens is 4. The molecule has 0 spiro atoms. The number of benzene rings is 1. The van der Waals surface area contributed by atoms with Crippen molar-refractivity contribution < 1.29 is 22.3 Å². The first-order valence-electron chi connectivity index (χ1n) is 6.05. The number of rotatable bonds is 3. The number of alkyl halides is 3. The normalized spacial score (nSPS) is 11.1. The molecule has 2 rings (SSSR count). The average molecular weight is 327 g/mol. The molecule has 0 bridgehead atoms. The predicted molar refractivity (Wildman–Crippen MR) is 73.5 cm³/mol. The fourth-order valence-electron chi connectivity index (χ4n) is 1.72. The summed E-state index contributed by atoms with van der Waals surface area (Å²) in [6.45, 7) is -0.157. The second-order valence-electron chi connectivity index (χ2n) is 4.31. The van der Waals surface area contributed by atoms with Crippen molar-refractivity contribution in [1.82, 2.24) is 9.55 Å². The number of hydrogen-bond donors (Lipinski definition) is 1. The monoisotopic (exact) mass is 327 g/mol. The summed E-state index contributed by atoms with van der Waals surface area (Å²) in [4.78, 5) is 14.9. The Hall–Kier alpha value is -3.02. The zero-order chi connectivity index (χ0) is 17.2.